The van der Waals surface area contributed by atoms with E-state index in [0.717, 1.165) is 5.82 Å². The lowest BCUT2D eigenvalue weighted by Gasteiger charge is -2.14. The van der Waals surface area contributed by atoms with Crippen LogP contribution in [0.2, 0.25) is 0 Å². The molecule has 1 heterocycles. The van der Waals surface area contributed by atoms with Gasteiger partial charge in [0.15, 0.2) is 0 Å². The number of nitrogens with one attached hydrogen (secondary N) is 1. The van der Waals surface area contributed by atoms with Gasteiger partial charge < -0.3 is 11.1 Å². The lowest BCUT2D eigenvalue weighted by Crippen LogP contribution is -2.15. The normalized spacial score (nSPS) is 12.4. The molecular weight excluding hydrogens is 198 g/mol. The number of nitrogens with zero attached hydrogens (tertiary/aromatic N) is 1. The van der Waals surface area contributed by atoms with Crippen LogP contribution in [0.25, 0.3) is 0 Å². The van der Waals surface area contributed by atoms with E-state index in [-0.39, 0.29) is 0 Å². The number of hydrogen-bond acceptors (Lipinski definition) is 3. The summed E-state index contributed by atoms with van der Waals surface area (Å²) in [7, 11) is 0. The first kappa shape index (κ1) is 12.8. The SMILES string of the molecule is CCCCCCC(C)Nc1ccc(N)cn1. The van der Waals surface area contributed by atoms with Crippen LogP contribution in [0.1, 0.15) is 46.0 Å². The van der Waals surface area contributed by atoms with Crippen molar-refractivity contribution in [1.29, 1.82) is 0 Å². The Balaban J connectivity index is 2.23. The molecule has 16 heavy (non-hydrogen) atoms. The predicted octanol–water partition coefficient (Wildman–Crippen LogP) is 3.43. The van der Waals surface area contributed by atoms with Gasteiger partial charge in [-0.3, -0.25) is 0 Å². The molecule has 0 radical (unpaired) electrons. The molecule has 0 amide bonds. The number of pyridine rings is 1. The molecule has 1 unspecified atom stereocenters. The molecule has 0 aromatic carbocycles. The summed E-state index contributed by atoms with van der Waals surface area (Å²) >= 11 is 0. The van der Waals surface area contributed by atoms with Crippen LogP contribution in [0.5, 0.6) is 0 Å². The zero-order valence-electron chi connectivity index (χ0n) is 10.4. The first-order valence-corrected chi connectivity index (χ1v) is 6.20. The van der Waals surface area contributed by atoms with Gasteiger partial charge in [-0.25, -0.2) is 4.98 Å². The monoisotopic (exact) mass is 221 g/mol. The maximum Gasteiger partial charge on any atom is 0.126 e. The van der Waals surface area contributed by atoms with Crippen LogP contribution < -0.4 is 11.1 Å². The topological polar surface area (TPSA) is 50.9 Å². The Morgan fingerprint density at radius 2 is 2.12 bits per heavy atom. The van der Waals surface area contributed by atoms with Crippen LogP contribution in [-0.4, -0.2) is 11.0 Å². The van der Waals surface area contributed by atoms with E-state index in [1.807, 2.05) is 12.1 Å². The fourth-order valence-electron chi connectivity index (χ4n) is 1.69. The highest BCUT2D eigenvalue weighted by atomic mass is 15.0. The molecular formula is C13H23N3. The maximum absolute atomic E-state index is 5.58. The third-order valence-electron chi connectivity index (χ3n) is 2.67. The molecule has 0 bridgehead atoms. The van der Waals surface area contributed by atoms with Crippen LogP contribution in [-0.2, 0) is 0 Å². The van der Waals surface area contributed by atoms with Gasteiger partial charge in [-0.1, -0.05) is 32.6 Å². The first-order valence-electron chi connectivity index (χ1n) is 6.20. The van der Waals surface area contributed by atoms with Gasteiger partial charge in [-0.05, 0) is 25.5 Å². The number of anilines is 2. The van der Waals surface area contributed by atoms with Crippen LogP contribution in [0.15, 0.2) is 18.3 Å². The molecule has 0 saturated carbocycles. The summed E-state index contributed by atoms with van der Waals surface area (Å²) in [6.45, 7) is 4.43. The zero-order valence-corrected chi connectivity index (χ0v) is 10.4. The summed E-state index contributed by atoms with van der Waals surface area (Å²) in [4.78, 5) is 4.23. The summed E-state index contributed by atoms with van der Waals surface area (Å²) in [5, 5.41) is 3.38. The van der Waals surface area contributed by atoms with Crippen molar-refractivity contribution < 1.29 is 0 Å². The quantitative estimate of drug-likeness (QED) is 0.693. The molecule has 0 spiro atoms. The Bertz CT molecular complexity index is 282. The molecule has 0 saturated heterocycles. The van der Waals surface area contributed by atoms with Gasteiger partial charge in [0.2, 0.25) is 0 Å². The van der Waals surface area contributed by atoms with Crippen LogP contribution in [0, 0.1) is 0 Å². The van der Waals surface area contributed by atoms with Crippen LogP contribution in [0.3, 0.4) is 0 Å². The van der Waals surface area contributed by atoms with Gasteiger partial charge in [0.05, 0.1) is 11.9 Å². The molecule has 1 aromatic rings. The number of aromatic nitrogens is 1. The minimum Gasteiger partial charge on any atom is -0.397 e. The molecule has 3 nitrogen and oxygen atoms in total. The Labute approximate surface area is 98.5 Å². The Kier molecular flexibility index (Phi) is 5.68. The third-order valence-corrected chi connectivity index (χ3v) is 2.67. The van der Waals surface area contributed by atoms with Crippen molar-refractivity contribution in [3.8, 4) is 0 Å². The summed E-state index contributed by atoms with van der Waals surface area (Å²) < 4.78 is 0. The average molecular weight is 221 g/mol. The van der Waals surface area contributed by atoms with E-state index < -0.39 is 0 Å². The van der Waals surface area contributed by atoms with Crippen molar-refractivity contribution in [3.63, 3.8) is 0 Å². The number of nitrogens with two attached hydrogens (primary N) is 1. The van der Waals surface area contributed by atoms with E-state index in [1.165, 1.54) is 32.1 Å². The minimum absolute atomic E-state index is 0.480. The van der Waals surface area contributed by atoms with Gasteiger partial charge >= 0.3 is 0 Å². The van der Waals surface area contributed by atoms with Crippen molar-refractivity contribution in [1.82, 2.24) is 4.98 Å². The lowest BCUT2D eigenvalue weighted by molar-refractivity contribution is 0.593. The van der Waals surface area contributed by atoms with E-state index in [0.29, 0.717) is 11.7 Å². The van der Waals surface area contributed by atoms with Crippen LogP contribution >= 0.6 is 0 Å². The smallest absolute Gasteiger partial charge is 0.126 e. The molecule has 1 aromatic heterocycles. The molecule has 3 heteroatoms. The highest BCUT2D eigenvalue weighted by Crippen LogP contribution is 2.11. The second-order valence-corrected chi connectivity index (χ2v) is 4.37. The lowest BCUT2D eigenvalue weighted by atomic mass is 10.1. The van der Waals surface area contributed by atoms with E-state index in [2.05, 4.69) is 24.1 Å². The second kappa shape index (κ2) is 7.09. The Morgan fingerprint density at radius 3 is 2.75 bits per heavy atom. The van der Waals surface area contributed by atoms with Crippen molar-refractivity contribution in [2.75, 3.05) is 11.1 Å². The van der Waals surface area contributed by atoms with E-state index in [9.17, 15) is 0 Å². The summed E-state index contributed by atoms with van der Waals surface area (Å²) in [5.74, 6) is 0.914. The van der Waals surface area contributed by atoms with Crippen molar-refractivity contribution in [2.45, 2.75) is 52.0 Å². The van der Waals surface area contributed by atoms with Gasteiger partial charge in [-0.2, -0.15) is 0 Å². The fourth-order valence-corrected chi connectivity index (χ4v) is 1.69. The molecule has 3 N–H and O–H groups in total. The van der Waals surface area contributed by atoms with Crippen molar-refractivity contribution in [2.24, 2.45) is 0 Å². The summed E-state index contributed by atoms with van der Waals surface area (Å²) in [5.41, 5.74) is 6.29. The number of unbranched alkanes of at least 4 members (excludes halogenated alkanes) is 3. The molecule has 0 aliphatic carbocycles. The van der Waals surface area contributed by atoms with Gasteiger partial charge in [0, 0.05) is 6.04 Å². The van der Waals surface area contributed by atoms with Gasteiger partial charge in [0.1, 0.15) is 5.82 Å². The van der Waals surface area contributed by atoms with Crippen molar-refractivity contribution in [3.05, 3.63) is 18.3 Å². The summed E-state index contributed by atoms with van der Waals surface area (Å²) in [6, 6.07) is 4.28. The Hall–Kier alpha value is -1.25. The highest BCUT2D eigenvalue weighted by molar-refractivity contribution is 5.44. The van der Waals surface area contributed by atoms with Gasteiger partial charge in [-0.15, -0.1) is 0 Å². The first-order chi connectivity index (χ1) is 7.72. The predicted molar refractivity (Wildman–Crippen MR) is 70.5 cm³/mol. The third kappa shape index (κ3) is 5.01. The number of nitrogen functional groups attached to an aromatic ring is 1. The number of hydrogen-bond donors (Lipinski definition) is 2. The average Bonchev–Trinajstić information content (AvgIpc) is 2.28. The van der Waals surface area contributed by atoms with E-state index >= 15 is 0 Å². The molecule has 0 aliphatic heterocycles. The second-order valence-electron chi connectivity index (χ2n) is 4.37. The van der Waals surface area contributed by atoms with Crippen LogP contribution in [0.4, 0.5) is 11.5 Å². The highest BCUT2D eigenvalue weighted by Gasteiger charge is 2.02. The molecule has 1 atom stereocenters. The molecule has 0 aliphatic rings. The zero-order chi connectivity index (χ0) is 11.8. The van der Waals surface area contributed by atoms with E-state index in [4.69, 9.17) is 5.73 Å². The van der Waals surface area contributed by atoms with E-state index in [1.54, 1.807) is 6.20 Å². The van der Waals surface area contributed by atoms with Gasteiger partial charge in [0.25, 0.3) is 0 Å². The number of rotatable bonds is 7. The maximum atomic E-state index is 5.58. The Morgan fingerprint density at radius 1 is 1.31 bits per heavy atom. The molecule has 90 valence electrons. The minimum atomic E-state index is 0.480. The molecule has 1 rings (SSSR count). The standard InChI is InChI=1S/C13H23N3/c1-3-4-5-6-7-11(2)16-13-9-8-12(14)10-15-13/h8-11H,3-7,14H2,1-2H3,(H,15,16). The summed E-state index contributed by atoms with van der Waals surface area (Å²) in [6.07, 6.45) is 8.14. The largest absolute Gasteiger partial charge is 0.397 e. The fraction of sp³-hybridized carbons (Fsp3) is 0.615. The van der Waals surface area contributed by atoms with Crippen molar-refractivity contribution >= 4 is 11.5 Å². The molecule has 0 fully saturated rings.